The Morgan fingerprint density at radius 1 is 0.680 bits per heavy atom. The quantitative estimate of drug-likeness (QED) is 0.0852. The van der Waals surface area contributed by atoms with Crippen LogP contribution in [0.1, 0.15) is 32.3 Å². The van der Waals surface area contributed by atoms with Crippen LogP contribution in [0.3, 0.4) is 0 Å². The molecular weight excluding hydrogens is 651 g/mol. The maximum absolute atomic E-state index is 13.8. The zero-order chi connectivity index (χ0) is 35.5. The molecule has 0 aliphatic carbocycles. The van der Waals surface area contributed by atoms with E-state index in [0.29, 0.717) is 34.1 Å². The number of hydrogen-bond acceptors (Lipinski definition) is 7. The Labute approximate surface area is 295 Å². The van der Waals surface area contributed by atoms with Gasteiger partial charge in [0.2, 0.25) is 5.91 Å². The van der Waals surface area contributed by atoms with Gasteiger partial charge in [-0.1, -0.05) is 66.7 Å². The fourth-order valence-corrected chi connectivity index (χ4v) is 6.05. The summed E-state index contributed by atoms with van der Waals surface area (Å²) < 4.78 is 16.4. The van der Waals surface area contributed by atoms with Crippen molar-refractivity contribution in [3.63, 3.8) is 0 Å². The molecule has 0 bridgehead atoms. The first-order chi connectivity index (χ1) is 24.3. The summed E-state index contributed by atoms with van der Waals surface area (Å²) in [6.07, 6.45) is 1.51. The third-order valence-corrected chi connectivity index (χ3v) is 8.94. The number of carbonyl (C=O) groups is 3. The number of rotatable bonds is 13. The monoisotopic (exact) mass is 687 g/mol. The van der Waals surface area contributed by atoms with Crippen LogP contribution >= 0.6 is 11.8 Å². The Bertz CT molecular complexity index is 1980. The molecule has 0 saturated heterocycles. The topological polar surface area (TPSA) is 115 Å². The van der Waals surface area contributed by atoms with Crippen molar-refractivity contribution in [3.05, 3.63) is 149 Å². The van der Waals surface area contributed by atoms with Gasteiger partial charge in [-0.25, -0.2) is 0 Å². The molecule has 3 amide bonds. The molecule has 0 aliphatic rings. The van der Waals surface area contributed by atoms with E-state index in [2.05, 4.69) is 16.0 Å². The normalized spacial score (nSPS) is 11.6. The van der Waals surface area contributed by atoms with Gasteiger partial charge in [-0.3, -0.25) is 14.4 Å². The molecule has 1 unspecified atom stereocenters. The molecule has 3 N–H and O–H groups in total. The minimum Gasteiger partial charge on any atom is -0.496 e. The summed E-state index contributed by atoms with van der Waals surface area (Å²) in [6.45, 7) is 1.95. The summed E-state index contributed by atoms with van der Waals surface area (Å²) in [5.41, 5.74) is 3.90. The van der Waals surface area contributed by atoms with Crippen molar-refractivity contribution in [2.24, 2.45) is 0 Å². The van der Waals surface area contributed by atoms with Crippen molar-refractivity contribution in [2.75, 3.05) is 32.0 Å². The molecule has 0 spiro atoms. The molecule has 5 aromatic rings. The highest BCUT2D eigenvalue weighted by Gasteiger charge is 2.23. The van der Waals surface area contributed by atoms with Gasteiger partial charge < -0.3 is 30.2 Å². The summed E-state index contributed by atoms with van der Waals surface area (Å²) in [5, 5.41) is 8.15. The lowest BCUT2D eigenvalue weighted by atomic mass is 10.1. The van der Waals surface area contributed by atoms with Crippen LogP contribution in [0.5, 0.6) is 17.2 Å². The zero-order valence-electron chi connectivity index (χ0n) is 28.1. The van der Waals surface area contributed by atoms with Crippen LogP contribution in [0.25, 0.3) is 6.08 Å². The van der Waals surface area contributed by atoms with E-state index in [9.17, 15) is 14.4 Å². The Kier molecular flexibility index (Phi) is 11.9. The molecule has 0 saturated carbocycles. The Morgan fingerprint density at radius 2 is 1.28 bits per heavy atom. The lowest BCUT2D eigenvalue weighted by Gasteiger charge is -2.18. The minimum atomic E-state index is -0.564. The third-order valence-electron chi connectivity index (χ3n) is 7.67. The van der Waals surface area contributed by atoms with Gasteiger partial charge in [-0.2, -0.15) is 0 Å². The highest BCUT2D eigenvalue weighted by molar-refractivity contribution is 8.00. The van der Waals surface area contributed by atoms with Crippen LogP contribution in [0.15, 0.2) is 132 Å². The van der Waals surface area contributed by atoms with Gasteiger partial charge in [0.05, 0.1) is 21.3 Å². The van der Waals surface area contributed by atoms with Gasteiger partial charge in [-0.05, 0) is 72.7 Å². The number of hydrogen-bond donors (Lipinski definition) is 3. The number of aryl methyl sites for hydroxylation is 1. The molecule has 0 heterocycles. The fourth-order valence-electron chi connectivity index (χ4n) is 5.03. The first-order valence-electron chi connectivity index (χ1n) is 15.7. The van der Waals surface area contributed by atoms with Crippen molar-refractivity contribution in [3.8, 4) is 17.2 Å². The Balaban J connectivity index is 1.39. The van der Waals surface area contributed by atoms with Crippen molar-refractivity contribution < 1.29 is 28.6 Å². The van der Waals surface area contributed by atoms with Crippen molar-refractivity contribution in [1.29, 1.82) is 0 Å². The fraction of sp³-hybridized carbons (Fsp3) is 0.125. The number of amides is 3. The van der Waals surface area contributed by atoms with Crippen LogP contribution in [0.4, 0.5) is 11.4 Å². The molecule has 9 nitrogen and oxygen atoms in total. The third kappa shape index (κ3) is 8.91. The Hall–Kier alpha value is -6.00. The van der Waals surface area contributed by atoms with Crippen LogP contribution in [-0.2, 0) is 9.59 Å². The number of para-hydroxylation sites is 1. The molecule has 1 atom stereocenters. The SMILES string of the molecule is COc1cc(OC)c(OC)cc1/C=C(\NC(=O)c1ccccc1)C(=O)Nc1ccc(SC(C(=O)Nc2ccccc2C)c2ccccc2)cc1. The van der Waals surface area contributed by atoms with E-state index in [0.717, 1.165) is 21.7 Å². The number of benzene rings is 5. The van der Waals surface area contributed by atoms with Crippen LogP contribution in [0.2, 0.25) is 0 Å². The van der Waals surface area contributed by atoms with Gasteiger partial charge in [0.25, 0.3) is 11.8 Å². The molecule has 0 radical (unpaired) electrons. The van der Waals surface area contributed by atoms with Gasteiger partial charge in [0, 0.05) is 33.5 Å². The molecule has 50 heavy (non-hydrogen) atoms. The van der Waals surface area contributed by atoms with Gasteiger partial charge in [0.1, 0.15) is 16.7 Å². The van der Waals surface area contributed by atoms with E-state index in [1.807, 2.05) is 73.7 Å². The molecular formula is C40H37N3O6S. The molecule has 0 fully saturated rings. The molecule has 10 heteroatoms. The van der Waals surface area contributed by atoms with E-state index in [-0.39, 0.29) is 11.6 Å². The van der Waals surface area contributed by atoms with E-state index in [1.54, 1.807) is 54.6 Å². The van der Waals surface area contributed by atoms with E-state index in [1.165, 1.54) is 39.2 Å². The highest BCUT2D eigenvalue weighted by Crippen LogP contribution is 2.38. The summed E-state index contributed by atoms with van der Waals surface area (Å²) in [7, 11) is 4.51. The largest absolute Gasteiger partial charge is 0.496 e. The highest BCUT2D eigenvalue weighted by atomic mass is 32.2. The molecule has 5 aromatic carbocycles. The summed E-state index contributed by atoms with van der Waals surface area (Å²) >= 11 is 1.40. The van der Waals surface area contributed by atoms with Gasteiger partial charge in [-0.15, -0.1) is 11.8 Å². The predicted octanol–water partition coefficient (Wildman–Crippen LogP) is 7.90. The lowest BCUT2D eigenvalue weighted by Crippen LogP contribution is -2.30. The van der Waals surface area contributed by atoms with Crippen LogP contribution in [-0.4, -0.2) is 39.1 Å². The molecule has 0 aliphatic heterocycles. The maximum atomic E-state index is 13.8. The predicted molar refractivity (Wildman–Crippen MR) is 198 cm³/mol. The van der Waals surface area contributed by atoms with E-state index >= 15 is 0 Å². The van der Waals surface area contributed by atoms with Gasteiger partial charge in [0.15, 0.2) is 11.5 Å². The zero-order valence-corrected chi connectivity index (χ0v) is 28.9. The number of anilines is 2. The van der Waals surface area contributed by atoms with Crippen molar-refractivity contribution >= 4 is 46.9 Å². The second-order valence-corrected chi connectivity index (χ2v) is 12.2. The first kappa shape index (κ1) is 35.3. The number of nitrogens with one attached hydrogen (secondary N) is 3. The summed E-state index contributed by atoms with van der Waals surface area (Å²) in [5.74, 6) is 0.0923. The second-order valence-electron chi connectivity index (χ2n) is 11.0. The molecule has 5 rings (SSSR count). The molecule has 0 aromatic heterocycles. The Morgan fingerprint density at radius 3 is 1.92 bits per heavy atom. The van der Waals surface area contributed by atoms with Crippen molar-refractivity contribution in [1.82, 2.24) is 5.32 Å². The average Bonchev–Trinajstić information content (AvgIpc) is 3.15. The second kappa shape index (κ2) is 16.9. The summed E-state index contributed by atoms with van der Waals surface area (Å²) in [4.78, 5) is 41.3. The number of ether oxygens (including phenoxy) is 3. The summed E-state index contributed by atoms with van der Waals surface area (Å²) in [6, 6.07) is 36.3. The van der Waals surface area contributed by atoms with Gasteiger partial charge >= 0.3 is 0 Å². The number of methoxy groups -OCH3 is 3. The number of thioether (sulfide) groups is 1. The molecule has 254 valence electrons. The average molecular weight is 688 g/mol. The van der Waals surface area contributed by atoms with E-state index in [4.69, 9.17) is 14.2 Å². The number of carbonyl (C=O) groups excluding carboxylic acids is 3. The standard InChI is InChI=1S/C40H37N3O6S/c1-26-13-11-12-18-32(26)42-40(46)37(27-14-7-5-8-15-27)50-31-21-19-30(20-22-31)41-39(45)33(43-38(44)28-16-9-6-10-17-28)23-29-24-35(48-3)36(49-4)25-34(29)47-2/h5-25,37H,1-4H3,(H,41,45)(H,42,46)(H,43,44)/b33-23-. The minimum absolute atomic E-state index is 0.0279. The van der Waals surface area contributed by atoms with Crippen molar-refractivity contribution in [2.45, 2.75) is 17.1 Å². The van der Waals surface area contributed by atoms with E-state index < -0.39 is 17.1 Å². The maximum Gasteiger partial charge on any atom is 0.272 e. The smallest absolute Gasteiger partial charge is 0.272 e. The lowest BCUT2D eigenvalue weighted by molar-refractivity contribution is -0.116. The van der Waals surface area contributed by atoms with Crippen LogP contribution < -0.4 is 30.2 Å². The van der Waals surface area contributed by atoms with Crippen LogP contribution in [0, 0.1) is 6.92 Å². The first-order valence-corrected chi connectivity index (χ1v) is 16.5.